The molecule has 2 rings (SSSR count). The molecule has 0 saturated heterocycles. The van der Waals surface area contributed by atoms with Crippen LogP contribution in [0.15, 0.2) is 52.4 Å². The van der Waals surface area contributed by atoms with Crippen molar-refractivity contribution in [1.82, 2.24) is 15.4 Å². The summed E-state index contributed by atoms with van der Waals surface area (Å²) in [5, 5.41) is 6.53. The number of guanidine groups is 1. The molecule has 0 aliphatic rings. The fourth-order valence-electron chi connectivity index (χ4n) is 2.79. The van der Waals surface area contributed by atoms with E-state index in [0.29, 0.717) is 19.0 Å². The van der Waals surface area contributed by atoms with Crippen LogP contribution in [0, 0.1) is 6.92 Å². The molecule has 2 aromatic rings. The first kappa shape index (κ1) is 26.2. The third kappa shape index (κ3) is 7.77. The minimum atomic E-state index is -3.46. The Morgan fingerprint density at radius 3 is 2.53 bits per heavy atom. The third-order valence-electron chi connectivity index (χ3n) is 4.42. The van der Waals surface area contributed by atoms with E-state index in [1.165, 1.54) is 12.6 Å². The largest absolute Gasteiger partial charge is 0.496 e. The molecule has 0 spiro atoms. The Hall–Kier alpha value is -1.85. The quantitative estimate of drug-likeness (QED) is 0.256. The number of halogens is 1. The predicted molar refractivity (Wildman–Crippen MR) is 132 cm³/mol. The van der Waals surface area contributed by atoms with Crippen LogP contribution in [-0.2, 0) is 23.0 Å². The summed E-state index contributed by atoms with van der Waals surface area (Å²) in [6.45, 7) is 5.85. The smallest absolute Gasteiger partial charge is 0.240 e. The van der Waals surface area contributed by atoms with Crippen molar-refractivity contribution in [1.29, 1.82) is 0 Å². The molecule has 0 aliphatic carbocycles. The molecule has 9 heteroatoms. The summed E-state index contributed by atoms with van der Waals surface area (Å²) in [6, 6.07) is 13.0. The lowest BCUT2D eigenvalue weighted by molar-refractivity contribution is 0.411. The second kappa shape index (κ2) is 12.8. The van der Waals surface area contributed by atoms with Crippen LogP contribution >= 0.6 is 24.0 Å². The average Bonchev–Trinajstić information content (AvgIpc) is 2.73. The Kier molecular flexibility index (Phi) is 11.1. The maximum Gasteiger partial charge on any atom is 0.240 e. The van der Waals surface area contributed by atoms with Crippen molar-refractivity contribution >= 4 is 40.0 Å². The number of benzene rings is 2. The van der Waals surface area contributed by atoms with Gasteiger partial charge in [0.2, 0.25) is 10.0 Å². The highest BCUT2D eigenvalue weighted by atomic mass is 127. The number of sulfonamides is 1. The van der Waals surface area contributed by atoms with E-state index in [0.717, 1.165) is 29.8 Å². The zero-order valence-corrected chi connectivity index (χ0v) is 21.0. The van der Waals surface area contributed by atoms with E-state index in [4.69, 9.17) is 4.74 Å². The predicted octanol–water partition coefficient (Wildman–Crippen LogP) is 2.83. The van der Waals surface area contributed by atoms with Gasteiger partial charge in [0.15, 0.2) is 5.96 Å². The van der Waals surface area contributed by atoms with E-state index in [2.05, 4.69) is 38.5 Å². The van der Waals surface area contributed by atoms with Gasteiger partial charge in [-0.3, -0.25) is 0 Å². The van der Waals surface area contributed by atoms with E-state index in [1.807, 2.05) is 19.9 Å². The molecule has 0 bridgehead atoms. The van der Waals surface area contributed by atoms with Crippen LogP contribution in [-0.4, -0.2) is 41.6 Å². The molecule has 0 saturated carbocycles. The molecule has 0 heterocycles. The summed E-state index contributed by atoms with van der Waals surface area (Å²) in [4.78, 5) is 4.80. The average molecular weight is 546 g/mol. The summed E-state index contributed by atoms with van der Waals surface area (Å²) < 4.78 is 31.6. The van der Waals surface area contributed by atoms with Crippen molar-refractivity contribution in [2.45, 2.75) is 31.7 Å². The Morgan fingerprint density at radius 1 is 1.10 bits per heavy atom. The van der Waals surface area contributed by atoms with Crippen LogP contribution in [0.3, 0.4) is 0 Å². The fraction of sp³-hybridized carbons (Fsp3) is 0.381. The zero-order valence-electron chi connectivity index (χ0n) is 17.9. The van der Waals surface area contributed by atoms with Crippen LogP contribution in [0.2, 0.25) is 0 Å². The molecule has 3 N–H and O–H groups in total. The monoisotopic (exact) mass is 546 g/mol. The lowest BCUT2D eigenvalue weighted by atomic mass is 10.1. The maximum atomic E-state index is 12.0. The number of hydrogen-bond acceptors (Lipinski definition) is 4. The van der Waals surface area contributed by atoms with Gasteiger partial charge in [0.1, 0.15) is 5.75 Å². The van der Waals surface area contributed by atoms with Crippen LogP contribution in [0.4, 0.5) is 0 Å². The van der Waals surface area contributed by atoms with Crippen LogP contribution in [0.1, 0.15) is 23.6 Å². The fourth-order valence-corrected chi connectivity index (χ4v) is 3.59. The number of aliphatic imine (C=N–C) groups is 1. The first-order chi connectivity index (χ1) is 13.9. The minimum Gasteiger partial charge on any atom is -0.496 e. The van der Waals surface area contributed by atoms with Crippen molar-refractivity contribution in [2.75, 3.05) is 27.2 Å². The molecule has 7 nitrogen and oxygen atoms in total. The molecule has 0 fully saturated rings. The van der Waals surface area contributed by atoms with E-state index >= 15 is 0 Å². The van der Waals surface area contributed by atoms with Gasteiger partial charge in [-0.2, -0.15) is 0 Å². The van der Waals surface area contributed by atoms with Crippen LogP contribution in [0.25, 0.3) is 0 Å². The van der Waals surface area contributed by atoms with Gasteiger partial charge in [-0.25, -0.2) is 18.1 Å². The molecule has 30 heavy (non-hydrogen) atoms. The molecular formula is C21H31IN4O3S. The van der Waals surface area contributed by atoms with E-state index in [9.17, 15) is 8.42 Å². The van der Waals surface area contributed by atoms with Gasteiger partial charge in [-0.05, 0) is 62.2 Å². The van der Waals surface area contributed by atoms with Crippen molar-refractivity contribution in [3.05, 3.63) is 59.2 Å². The summed E-state index contributed by atoms with van der Waals surface area (Å²) in [6.07, 6.45) is 0.830. The highest BCUT2D eigenvalue weighted by molar-refractivity contribution is 14.0. The molecule has 166 valence electrons. The third-order valence-corrected chi connectivity index (χ3v) is 5.83. The summed E-state index contributed by atoms with van der Waals surface area (Å²) in [5.74, 6) is 1.58. The van der Waals surface area contributed by atoms with Gasteiger partial charge < -0.3 is 15.4 Å². The molecule has 0 aliphatic heterocycles. The van der Waals surface area contributed by atoms with E-state index < -0.39 is 10.0 Å². The van der Waals surface area contributed by atoms with Gasteiger partial charge in [0.25, 0.3) is 0 Å². The molecule has 0 atom stereocenters. The van der Waals surface area contributed by atoms with Crippen molar-refractivity contribution in [3.8, 4) is 5.75 Å². The van der Waals surface area contributed by atoms with Crippen LogP contribution in [0.5, 0.6) is 5.75 Å². The van der Waals surface area contributed by atoms with Gasteiger partial charge in [0, 0.05) is 13.1 Å². The van der Waals surface area contributed by atoms with Gasteiger partial charge >= 0.3 is 0 Å². The molecule has 0 unspecified atom stereocenters. The number of rotatable bonds is 9. The second-order valence-corrected chi connectivity index (χ2v) is 8.42. The molecule has 0 radical (unpaired) electrons. The summed E-state index contributed by atoms with van der Waals surface area (Å²) >= 11 is 0. The number of hydrogen-bond donors (Lipinski definition) is 3. The standard InChI is InChI=1S/C21H30N4O3S.HI/c1-5-23-21(24-12-11-17-10-9-16(2)20(14-17)28-4)25-15-18-7-6-8-19(13-18)29(26,27)22-3;/h6-10,13-14,22H,5,11-12,15H2,1-4H3,(H2,23,24,25);1H. The molecule has 0 amide bonds. The Balaban J connectivity index is 0.00000450. The second-order valence-electron chi connectivity index (χ2n) is 6.53. The number of methoxy groups -OCH3 is 1. The van der Waals surface area contributed by atoms with Crippen molar-refractivity contribution < 1.29 is 13.2 Å². The Morgan fingerprint density at radius 2 is 1.87 bits per heavy atom. The van der Waals surface area contributed by atoms with Crippen molar-refractivity contribution in [2.24, 2.45) is 4.99 Å². The lowest BCUT2D eigenvalue weighted by Gasteiger charge is -2.12. The Labute approximate surface area is 196 Å². The van der Waals surface area contributed by atoms with Crippen molar-refractivity contribution in [3.63, 3.8) is 0 Å². The molecular weight excluding hydrogens is 515 g/mol. The van der Waals surface area contributed by atoms with Gasteiger partial charge in [-0.1, -0.05) is 24.3 Å². The van der Waals surface area contributed by atoms with Crippen LogP contribution < -0.4 is 20.1 Å². The van der Waals surface area contributed by atoms with E-state index in [1.54, 1.807) is 25.3 Å². The molecule has 2 aromatic carbocycles. The number of nitrogens with zero attached hydrogens (tertiary/aromatic N) is 1. The number of aryl methyl sites for hydroxylation is 1. The normalized spacial score (nSPS) is 11.5. The minimum absolute atomic E-state index is 0. The highest BCUT2D eigenvalue weighted by Crippen LogP contribution is 2.19. The SMILES string of the molecule is CCNC(=NCc1cccc(S(=O)(=O)NC)c1)NCCc1ccc(C)c(OC)c1.I. The zero-order chi connectivity index (χ0) is 21.3. The maximum absolute atomic E-state index is 12.0. The number of ether oxygens (including phenoxy) is 1. The number of nitrogens with one attached hydrogen (secondary N) is 3. The highest BCUT2D eigenvalue weighted by Gasteiger charge is 2.11. The van der Waals surface area contributed by atoms with Gasteiger partial charge in [-0.15, -0.1) is 24.0 Å². The van der Waals surface area contributed by atoms with Gasteiger partial charge in [0.05, 0.1) is 18.6 Å². The lowest BCUT2D eigenvalue weighted by Crippen LogP contribution is -2.38. The topological polar surface area (TPSA) is 91.8 Å². The first-order valence-electron chi connectivity index (χ1n) is 9.57. The Bertz CT molecular complexity index is 949. The summed E-state index contributed by atoms with van der Waals surface area (Å²) in [7, 11) is -0.386. The first-order valence-corrected chi connectivity index (χ1v) is 11.1. The molecule has 0 aromatic heterocycles. The summed E-state index contributed by atoms with van der Waals surface area (Å²) in [5.41, 5.74) is 3.11. The van der Waals surface area contributed by atoms with E-state index in [-0.39, 0.29) is 28.9 Å².